The predicted octanol–water partition coefficient (Wildman–Crippen LogP) is 2.46. The van der Waals surface area contributed by atoms with Crippen molar-refractivity contribution in [1.29, 1.82) is 0 Å². The zero-order valence-electron chi connectivity index (χ0n) is 15.0. The minimum atomic E-state index is 0.159. The fraction of sp³-hybridized carbons (Fsp3) is 0.278. The largest absolute Gasteiger partial charge is 0.351 e. The Labute approximate surface area is 151 Å². The van der Waals surface area contributed by atoms with Gasteiger partial charge in [-0.25, -0.2) is 9.67 Å². The van der Waals surface area contributed by atoms with Gasteiger partial charge < -0.3 is 4.90 Å². The molecule has 0 aliphatic carbocycles. The topological polar surface area (TPSA) is 77.0 Å². The average molecular weight is 348 g/mol. The van der Waals surface area contributed by atoms with Gasteiger partial charge in [0.05, 0.1) is 11.7 Å². The lowest BCUT2D eigenvalue weighted by molar-refractivity contribution is 0.707. The van der Waals surface area contributed by atoms with Crippen molar-refractivity contribution in [2.24, 2.45) is 0 Å². The van der Waals surface area contributed by atoms with Crippen molar-refractivity contribution in [3.8, 4) is 5.69 Å². The monoisotopic (exact) mass is 348 g/mol. The predicted molar refractivity (Wildman–Crippen MR) is 98.3 cm³/mol. The minimum absolute atomic E-state index is 0.159. The molecule has 0 saturated heterocycles. The van der Waals surface area contributed by atoms with Crippen molar-refractivity contribution < 1.29 is 0 Å². The van der Waals surface area contributed by atoms with Crippen molar-refractivity contribution in [3.05, 3.63) is 60.4 Å². The van der Waals surface area contributed by atoms with Gasteiger partial charge in [-0.05, 0) is 36.8 Å². The first-order chi connectivity index (χ1) is 12.7. The molecule has 4 aromatic rings. The highest BCUT2D eigenvalue weighted by molar-refractivity contribution is 5.47. The fourth-order valence-corrected chi connectivity index (χ4v) is 2.90. The summed E-state index contributed by atoms with van der Waals surface area (Å²) >= 11 is 0. The molecule has 132 valence electrons. The molecule has 8 nitrogen and oxygen atoms in total. The van der Waals surface area contributed by atoms with Crippen LogP contribution in [-0.4, -0.2) is 41.6 Å². The number of hydrogen-bond donors (Lipinski definition) is 0. The zero-order chi connectivity index (χ0) is 18.1. The van der Waals surface area contributed by atoms with Gasteiger partial charge >= 0.3 is 0 Å². The lowest BCUT2D eigenvalue weighted by Gasteiger charge is -2.26. The van der Waals surface area contributed by atoms with E-state index in [1.165, 1.54) is 11.9 Å². The number of nitrogens with zero attached hydrogens (tertiary/aromatic N) is 8. The fourth-order valence-electron chi connectivity index (χ4n) is 2.90. The Kier molecular flexibility index (Phi) is 4.08. The van der Waals surface area contributed by atoms with Crippen LogP contribution in [0.2, 0.25) is 0 Å². The second-order valence-corrected chi connectivity index (χ2v) is 6.15. The van der Waals surface area contributed by atoms with E-state index >= 15 is 0 Å². The molecule has 1 aromatic carbocycles. The smallest absolute Gasteiger partial charge is 0.178 e. The summed E-state index contributed by atoms with van der Waals surface area (Å²) in [7, 11) is 2.04. The average Bonchev–Trinajstić information content (AvgIpc) is 3.36. The molecule has 0 saturated carbocycles. The maximum absolute atomic E-state index is 4.71. The molecule has 4 rings (SSSR count). The van der Waals surface area contributed by atoms with E-state index in [1.54, 1.807) is 11.0 Å². The summed E-state index contributed by atoms with van der Waals surface area (Å²) in [6.07, 6.45) is 4.01. The summed E-state index contributed by atoms with van der Waals surface area (Å²) < 4.78 is 3.55. The summed E-state index contributed by atoms with van der Waals surface area (Å²) in [6, 6.07) is 12.4. The number of aromatic nitrogens is 7. The number of aryl methyl sites for hydroxylation is 1. The minimum Gasteiger partial charge on any atom is -0.351 e. The van der Waals surface area contributed by atoms with Gasteiger partial charge in [0.15, 0.2) is 11.5 Å². The Morgan fingerprint density at radius 2 is 1.88 bits per heavy atom. The highest BCUT2D eigenvalue weighted by Gasteiger charge is 2.15. The Morgan fingerprint density at radius 3 is 2.58 bits per heavy atom. The van der Waals surface area contributed by atoms with Crippen molar-refractivity contribution in [2.45, 2.75) is 26.3 Å². The molecule has 1 unspecified atom stereocenters. The van der Waals surface area contributed by atoms with Crippen LogP contribution in [0.4, 0.5) is 5.82 Å². The van der Waals surface area contributed by atoms with Crippen LogP contribution in [0.25, 0.3) is 11.3 Å². The molecule has 3 heterocycles. The zero-order valence-corrected chi connectivity index (χ0v) is 15.0. The molecular weight excluding hydrogens is 328 g/mol. The van der Waals surface area contributed by atoms with Gasteiger partial charge in [0.2, 0.25) is 0 Å². The maximum atomic E-state index is 4.71. The maximum Gasteiger partial charge on any atom is 0.178 e. The van der Waals surface area contributed by atoms with Crippen LogP contribution in [0.1, 0.15) is 31.3 Å². The third-order valence-corrected chi connectivity index (χ3v) is 4.63. The lowest BCUT2D eigenvalue weighted by atomic mass is 10.1. The third-order valence-electron chi connectivity index (χ3n) is 4.63. The Balaban J connectivity index is 1.60. The number of hydrogen-bond acceptors (Lipinski definition) is 6. The van der Waals surface area contributed by atoms with Crippen LogP contribution in [0, 0.1) is 0 Å². The summed E-state index contributed by atoms with van der Waals surface area (Å²) in [5.41, 5.74) is 2.94. The van der Waals surface area contributed by atoms with Crippen molar-refractivity contribution in [3.63, 3.8) is 0 Å². The SMILES string of the molecule is CCc1nnc2ccc(N(C)C(C)c3ccc(-n4cncn4)cc3)nn12. The first kappa shape index (κ1) is 16.2. The molecular formula is C18H20N8. The number of benzene rings is 1. The van der Waals surface area contributed by atoms with Crippen LogP contribution < -0.4 is 4.90 Å². The molecule has 3 aromatic heterocycles. The summed E-state index contributed by atoms with van der Waals surface area (Å²) in [4.78, 5) is 6.12. The normalized spacial score (nSPS) is 12.4. The van der Waals surface area contributed by atoms with E-state index < -0.39 is 0 Å². The van der Waals surface area contributed by atoms with Crippen molar-refractivity contribution in [1.82, 2.24) is 34.6 Å². The first-order valence-corrected chi connectivity index (χ1v) is 8.56. The second kappa shape index (κ2) is 6.55. The number of rotatable bonds is 5. The number of fused-ring (bicyclic) bond motifs is 1. The van der Waals surface area contributed by atoms with Crippen LogP contribution in [-0.2, 0) is 6.42 Å². The lowest BCUT2D eigenvalue weighted by Crippen LogP contribution is -2.23. The first-order valence-electron chi connectivity index (χ1n) is 8.56. The molecule has 26 heavy (non-hydrogen) atoms. The van der Waals surface area contributed by atoms with Crippen LogP contribution >= 0.6 is 0 Å². The van der Waals surface area contributed by atoms with Gasteiger partial charge in [0.25, 0.3) is 0 Å². The molecule has 0 N–H and O–H groups in total. The van der Waals surface area contributed by atoms with E-state index in [-0.39, 0.29) is 6.04 Å². The standard InChI is InChI=1S/C18H20N8/c1-4-16-21-22-17-9-10-18(23-26(16)17)24(3)13(2)14-5-7-15(8-6-14)25-12-19-11-20-25/h5-13H,4H2,1-3H3. The molecule has 0 fully saturated rings. The van der Waals surface area contributed by atoms with E-state index in [4.69, 9.17) is 5.10 Å². The number of anilines is 1. The highest BCUT2D eigenvalue weighted by Crippen LogP contribution is 2.24. The van der Waals surface area contributed by atoms with Crippen molar-refractivity contribution >= 4 is 11.5 Å². The summed E-state index contributed by atoms with van der Waals surface area (Å²) in [5, 5.41) is 17.2. The van der Waals surface area contributed by atoms with Gasteiger partial charge in [0.1, 0.15) is 18.5 Å². The Hall–Kier alpha value is -3.29. The van der Waals surface area contributed by atoms with Gasteiger partial charge in [-0.3, -0.25) is 0 Å². The summed E-state index contributed by atoms with van der Waals surface area (Å²) in [6.45, 7) is 4.21. The van der Waals surface area contributed by atoms with Crippen LogP contribution in [0.15, 0.2) is 49.1 Å². The molecule has 0 spiro atoms. The molecule has 0 bridgehead atoms. The molecule has 8 heteroatoms. The van der Waals surface area contributed by atoms with E-state index in [2.05, 4.69) is 44.2 Å². The van der Waals surface area contributed by atoms with Gasteiger partial charge in [-0.15, -0.1) is 15.3 Å². The highest BCUT2D eigenvalue weighted by atomic mass is 15.4. The summed E-state index contributed by atoms with van der Waals surface area (Å²) in [5.74, 6) is 1.74. The molecule has 0 aliphatic rings. The van der Waals surface area contributed by atoms with Gasteiger partial charge in [-0.2, -0.15) is 9.61 Å². The van der Waals surface area contributed by atoms with Gasteiger partial charge in [-0.1, -0.05) is 19.1 Å². The van der Waals surface area contributed by atoms with E-state index in [0.717, 1.165) is 29.4 Å². The van der Waals surface area contributed by atoms with Crippen LogP contribution in [0.3, 0.4) is 0 Å². The molecule has 0 amide bonds. The third kappa shape index (κ3) is 2.79. The van der Waals surface area contributed by atoms with Crippen molar-refractivity contribution in [2.75, 3.05) is 11.9 Å². The second-order valence-electron chi connectivity index (χ2n) is 6.15. The quantitative estimate of drug-likeness (QED) is 0.551. The van der Waals surface area contributed by atoms with E-state index in [9.17, 15) is 0 Å². The molecule has 0 aliphatic heterocycles. The van der Waals surface area contributed by atoms with E-state index in [0.29, 0.717) is 0 Å². The Morgan fingerprint density at radius 1 is 1.08 bits per heavy atom. The molecule has 1 atom stereocenters. The molecule has 0 radical (unpaired) electrons. The van der Waals surface area contributed by atoms with Crippen LogP contribution in [0.5, 0.6) is 0 Å². The van der Waals surface area contributed by atoms with Gasteiger partial charge in [0, 0.05) is 13.5 Å². The van der Waals surface area contributed by atoms with E-state index in [1.807, 2.05) is 42.8 Å². The Bertz CT molecular complexity index is 1000.